The number of hydrogen-bond donors (Lipinski definition) is 1. The third-order valence-electron chi connectivity index (χ3n) is 3.91. The van der Waals surface area contributed by atoms with Crippen molar-refractivity contribution in [3.8, 4) is 11.4 Å². The monoisotopic (exact) mass is 369 g/mol. The zero-order valence-electron chi connectivity index (χ0n) is 14.8. The molecule has 1 aromatic heterocycles. The Kier molecular flexibility index (Phi) is 5.83. The average molecular weight is 369 g/mol. The molecule has 0 unspecified atom stereocenters. The molecule has 0 spiro atoms. The fraction of sp³-hybridized carbons (Fsp3) is 0.250. The van der Waals surface area contributed by atoms with Crippen molar-refractivity contribution in [2.45, 2.75) is 25.3 Å². The molecule has 26 heavy (non-hydrogen) atoms. The van der Waals surface area contributed by atoms with E-state index >= 15 is 0 Å². The van der Waals surface area contributed by atoms with Crippen LogP contribution in [0.15, 0.2) is 47.5 Å². The van der Waals surface area contributed by atoms with Crippen LogP contribution in [0.5, 0.6) is 0 Å². The molecule has 0 bridgehead atoms. The van der Waals surface area contributed by atoms with Gasteiger partial charge in [0, 0.05) is 17.5 Å². The van der Waals surface area contributed by atoms with Gasteiger partial charge >= 0.3 is 0 Å². The van der Waals surface area contributed by atoms with E-state index in [0.717, 1.165) is 33.5 Å². The summed E-state index contributed by atoms with van der Waals surface area (Å²) in [6.45, 7) is 4.68. The standard InChI is InChI=1S/C20H20FN3OS/c1-3-11-22-17(25)12-26-20-16-6-4-5-13(2)18(16)23-19(24-20)14-7-9-15(21)10-8-14/h4-10H,3,11-12H2,1-2H3,(H,22,25). The second kappa shape index (κ2) is 8.27. The highest BCUT2D eigenvalue weighted by Gasteiger charge is 2.13. The normalized spacial score (nSPS) is 10.9. The number of nitrogens with zero attached hydrogens (tertiary/aromatic N) is 2. The van der Waals surface area contributed by atoms with Crippen LogP contribution in [-0.4, -0.2) is 28.2 Å². The number of rotatable bonds is 6. The highest BCUT2D eigenvalue weighted by molar-refractivity contribution is 8.00. The molecule has 0 aliphatic carbocycles. The maximum Gasteiger partial charge on any atom is 0.230 e. The zero-order chi connectivity index (χ0) is 18.5. The summed E-state index contributed by atoms with van der Waals surface area (Å²) in [4.78, 5) is 21.3. The molecule has 0 saturated heterocycles. The highest BCUT2D eigenvalue weighted by atomic mass is 32.2. The van der Waals surface area contributed by atoms with Crippen LogP contribution in [0.25, 0.3) is 22.3 Å². The van der Waals surface area contributed by atoms with Gasteiger partial charge in [-0.15, -0.1) is 0 Å². The van der Waals surface area contributed by atoms with Crippen LogP contribution in [0.1, 0.15) is 18.9 Å². The molecule has 1 amide bonds. The number of hydrogen-bond acceptors (Lipinski definition) is 4. The van der Waals surface area contributed by atoms with E-state index in [-0.39, 0.29) is 11.7 Å². The molecule has 0 fully saturated rings. The van der Waals surface area contributed by atoms with Gasteiger partial charge < -0.3 is 5.32 Å². The Bertz CT molecular complexity index is 928. The lowest BCUT2D eigenvalue weighted by Gasteiger charge is -2.10. The molecular formula is C20H20FN3OS. The molecule has 3 rings (SSSR count). The number of amides is 1. The summed E-state index contributed by atoms with van der Waals surface area (Å²) < 4.78 is 13.2. The zero-order valence-corrected chi connectivity index (χ0v) is 15.6. The van der Waals surface area contributed by atoms with Crippen LogP contribution in [0.2, 0.25) is 0 Å². The molecule has 0 aliphatic rings. The number of thioether (sulfide) groups is 1. The lowest BCUT2D eigenvalue weighted by atomic mass is 10.1. The predicted octanol–water partition coefficient (Wildman–Crippen LogP) is 4.36. The second-order valence-corrected chi connectivity index (χ2v) is 6.93. The number of halogens is 1. The minimum Gasteiger partial charge on any atom is -0.355 e. The second-order valence-electron chi connectivity index (χ2n) is 5.97. The van der Waals surface area contributed by atoms with E-state index in [0.29, 0.717) is 18.1 Å². The van der Waals surface area contributed by atoms with Crippen LogP contribution in [0.4, 0.5) is 4.39 Å². The van der Waals surface area contributed by atoms with Crippen molar-refractivity contribution in [1.82, 2.24) is 15.3 Å². The number of benzene rings is 2. The topological polar surface area (TPSA) is 54.9 Å². The number of carbonyl (C=O) groups excluding carboxylic acids is 1. The first-order valence-electron chi connectivity index (χ1n) is 8.51. The van der Waals surface area contributed by atoms with E-state index in [4.69, 9.17) is 0 Å². The van der Waals surface area contributed by atoms with E-state index in [1.807, 2.05) is 32.0 Å². The molecule has 1 heterocycles. The Hall–Kier alpha value is -2.47. The molecule has 134 valence electrons. The summed E-state index contributed by atoms with van der Waals surface area (Å²) in [5.74, 6) is 0.513. The third kappa shape index (κ3) is 4.19. The van der Waals surface area contributed by atoms with Gasteiger partial charge in [0.05, 0.1) is 11.3 Å². The van der Waals surface area contributed by atoms with Crippen molar-refractivity contribution in [3.05, 3.63) is 53.8 Å². The number of fused-ring (bicyclic) bond motifs is 1. The Morgan fingerprint density at radius 3 is 2.65 bits per heavy atom. The van der Waals surface area contributed by atoms with E-state index < -0.39 is 0 Å². The van der Waals surface area contributed by atoms with Gasteiger partial charge in [-0.1, -0.05) is 36.9 Å². The van der Waals surface area contributed by atoms with Crippen molar-refractivity contribution in [2.24, 2.45) is 0 Å². The molecular weight excluding hydrogens is 349 g/mol. The summed E-state index contributed by atoms with van der Waals surface area (Å²) in [7, 11) is 0. The number of para-hydroxylation sites is 1. The minimum absolute atomic E-state index is 0.0143. The first-order valence-corrected chi connectivity index (χ1v) is 9.50. The van der Waals surface area contributed by atoms with Crippen LogP contribution in [0.3, 0.4) is 0 Å². The van der Waals surface area contributed by atoms with Crippen LogP contribution in [0, 0.1) is 12.7 Å². The van der Waals surface area contributed by atoms with Crippen molar-refractivity contribution in [2.75, 3.05) is 12.3 Å². The van der Waals surface area contributed by atoms with Gasteiger partial charge in [-0.05, 0) is 43.2 Å². The molecule has 2 aromatic carbocycles. The highest BCUT2D eigenvalue weighted by Crippen LogP contribution is 2.29. The molecule has 0 saturated carbocycles. The molecule has 0 atom stereocenters. The Morgan fingerprint density at radius 2 is 1.92 bits per heavy atom. The van der Waals surface area contributed by atoms with E-state index in [9.17, 15) is 9.18 Å². The lowest BCUT2D eigenvalue weighted by molar-refractivity contribution is -0.118. The van der Waals surface area contributed by atoms with Crippen molar-refractivity contribution in [1.29, 1.82) is 0 Å². The first kappa shape index (κ1) is 18.3. The smallest absolute Gasteiger partial charge is 0.230 e. The van der Waals surface area contributed by atoms with Crippen molar-refractivity contribution in [3.63, 3.8) is 0 Å². The van der Waals surface area contributed by atoms with Gasteiger partial charge in [-0.2, -0.15) is 0 Å². The molecule has 0 aliphatic heterocycles. The SMILES string of the molecule is CCCNC(=O)CSc1nc(-c2ccc(F)cc2)nc2c(C)cccc12. The van der Waals surface area contributed by atoms with Gasteiger partial charge in [0.1, 0.15) is 10.8 Å². The summed E-state index contributed by atoms with van der Waals surface area (Å²) in [6, 6.07) is 12.0. The van der Waals surface area contributed by atoms with Crippen LogP contribution < -0.4 is 5.32 Å². The summed E-state index contributed by atoms with van der Waals surface area (Å²) in [5, 5.41) is 4.54. The van der Waals surface area contributed by atoms with Crippen molar-refractivity contribution < 1.29 is 9.18 Å². The quantitative estimate of drug-likeness (QED) is 0.518. The molecule has 1 N–H and O–H groups in total. The third-order valence-corrected chi connectivity index (χ3v) is 4.90. The molecule has 0 radical (unpaired) electrons. The van der Waals surface area contributed by atoms with Crippen molar-refractivity contribution >= 4 is 28.6 Å². The van der Waals surface area contributed by atoms with Gasteiger partial charge in [0.25, 0.3) is 0 Å². The summed E-state index contributed by atoms with van der Waals surface area (Å²) >= 11 is 1.39. The van der Waals surface area contributed by atoms with Gasteiger partial charge in [0.2, 0.25) is 5.91 Å². The van der Waals surface area contributed by atoms with E-state index in [1.54, 1.807) is 12.1 Å². The van der Waals surface area contributed by atoms with Crippen LogP contribution in [-0.2, 0) is 4.79 Å². The lowest BCUT2D eigenvalue weighted by Crippen LogP contribution is -2.25. The number of aromatic nitrogens is 2. The number of carbonyl (C=O) groups is 1. The minimum atomic E-state index is -0.298. The fourth-order valence-electron chi connectivity index (χ4n) is 2.55. The van der Waals surface area contributed by atoms with Gasteiger partial charge in [0.15, 0.2) is 5.82 Å². The predicted molar refractivity (Wildman–Crippen MR) is 104 cm³/mol. The average Bonchev–Trinajstić information content (AvgIpc) is 2.65. The van der Waals surface area contributed by atoms with E-state index in [1.165, 1.54) is 23.9 Å². The van der Waals surface area contributed by atoms with E-state index in [2.05, 4.69) is 15.3 Å². The summed E-state index contributed by atoms with van der Waals surface area (Å²) in [6.07, 6.45) is 0.904. The van der Waals surface area contributed by atoms with Crippen LogP contribution >= 0.6 is 11.8 Å². The summed E-state index contributed by atoms with van der Waals surface area (Å²) in [5.41, 5.74) is 2.62. The Morgan fingerprint density at radius 1 is 1.15 bits per heavy atom. The largest absolute Gasteiger partial charge is 0.355 e. The molecule has 3 aromatic rings. The Balaban J connectivity index is 1.98. The van der Waals surface area contributed by atoms with Gasteiger partial charge in [-0.3, -0.25) is 4.79 Å². The fourth-order valence-corrected chi connectivity index (χ4v) is 3.40. The molecule has 6 heteroatoms. The first-order chi connectivity index (χ1) is 12.6. The maximum atomic E-state index is 13.2. The number of aryl methyl sites for hydroxylation is 1. The molecule has 4 nitrogen and oxygen atoms in total. The Labute approximate surface area is 156 Å². The number of nitrogens with one attached hydrogen (secondary N) is 1. The maximum absolute atomic E-state index is 13.2. The van der Waals surface area contributed by atoms with Gasteiger partial charge in [-0.25, -0.2) is 14.4 Å².